The van der Waals surface area contributed by atoms with Gasteiger partial charge in [-0.15, -0.1) is 0 Å². The van der Waals surface area contributed by atoms with Crippen LogP contribution in [-0.2, 0) is 0 Å². The van der Waals surface area contributed by atoms with Crippen molar-refractivity contribution in [2.45, 2.75) is 13.0 Å². The summed E-state index contributed by atoms with van der Waals surface area (Å²) in [7, 11) is 0. The molecule has 0 bridgehead atoms. The standard InChI is InChI=1S/C13H10BrF2NO/c1-8(11-3-2-4-13(14)17-11)18-12-6-5-9(15)7-10(12)16/h2-8H,1H3. The van der Waals surface area contributed by atoms with Crippen LogP contribution in [0.3, 0.4) is 0 Å². The van der Waals surface area contributed by atoms with E-state index in [4.69, 9.17) is 4.74 Å². The Morgan fingerprint density at radius 1 is 1.22 bits per heavy atom. The molecule has 2 aromatic rings. The molecule has 0 saturated heterocycles. The number of nitrogens with zero attached hydrogens (tertiary/aromatic N) is 1. The van der Waals surface area contributed by atoms with E-state index >= 15 is 0 Å². The van der Waals surface area contributed by atoms with Crippen molar-refractivity contribution in [2.75, 3.05) is 0 Å². The third kappa shape index (κ3) is 3.04. The van der Waals surface area contributed by atoms with Gasteiger partial charge in [-0.3, -0.25) is 0 Å². The van der Waals surface area contributed by atoms with Crippen molar-refractivity contribution < 1.29 is 13.5 Å². The van der Waals surface area contributed by atoms with Gasteiger partial charge < -0.3 is 4.74 Å². The molecule has 0 saturated carbocycles. The van der Waals surface area contributed by atoms with Crippen LogP contribution in [0.1, 0.15) is 18.7 Å². The highest BCUT2D eigenvalue weighted by Crippen LogP contribution is 2.24. The summed E-state index contributed by atoms with van der Waals surface area (Å²) in [6.07, 6.45) is -0.428. The summed E-state index contributed by atoms with van der Waals surface area (Å²) >= 11 is 3.25. The van der Waals surface area contributed by atoms with Gasteiger partial charge in [-0.25, -0.2) is 13.8 Å². The second kappa shape index (κ2) is 5.44. The van der Waals surface area contributed by atoms with E-state index in [1.54, 1.807) is 19.1 Å². The minimum Gasteiger partial charge on any atom is -0.481 e. The molecule has 0 aliphatic carbocycles. The average molecular weight is 314 g/mol. The van der Waals surface area contributed by atoms with E-state index in [0.717, 1.165) is 12.1 Å². The fourth-order valence-corrected chi connectivity index (χ4v) is 1.83. The Morgan fingerprint density at radius 3 is 2.67 bits per heavy atom. The minimum absolute atomic E-state index is 0.00526. The number of halogens is 3. The van der Waals surface area contributed by atoms with Crippen LogP contribution in [0.25, 0.3) is 0 Å². The summed E-state index contributed by atoms with van der Waals surface area (Å²) in [5.41, 5.74) is 0.660. The number of aromatic nitrogens is 1. The van der Waals surface area contributed by atoms with E-state index in [-0.39, 0.29) is 5.75 Å². The van der Waals surface area contributed by atoms with Gasteiger partial charge in [0.2, 0.25) is 0 Å². The van der Waals surface area contributed by atoms with Gasteiger partial charge in [0.15, 0.2) is 11.6 Å². The van der Waals surface area contributed by atoms with E-state index < -0.39 is 17.7 Å². The molecule has 0 amide bonds. The Balaban J connectivity index is 2.18. The first-order valence-electron chi connectivity index (χ1n) is 5.30. The quantitative estimate of drug-likeness (QED) is 0.790. The summed E-state index contributed by atoms with van der Waals surface area (Å²) in [4.78, 5) is 4.21. The SMILES string of the molecule is CC(Oc1ccc(F)cc1F)c1cccc(Br)n1. The van der Waals surface area contributed by atoms with Gasteiger partial charge >= 0.3 is 0 Å². The molecule has 0 fully saturated rings. The fraction of sp³-hybridized carbons (Fsp3) is 0.154. The second-order valence-electron chi connectivity index (χ2n) is 3.72. The van der Waals surface area contributed by atoms with Crippen LogP contribution >= 0.6 is 15.9 Å². The highest BCUT2D eigenvalue weighted by Gasteiger charge is 2.12. The number of ether oxygens (including phenoxy) is 1. The molecule has 0 aliphatic heterocycles. The Labute approximate surface area is 112 Å². The van der Waals surface area contributed by atoms with Crippen LogP contribution in [0.4, 0.5) is 8.78 Å². The van der Waals surface area contributed by atoms with E-state index in [2.05, 4.69) is 20.9 Å². The van der Waals surface area contributed by atoms with Crippen LogP contribution in [0.2, 0.25) is 0 Å². The molecule has 0 radical (unpaired) electrons. The van der Waals surface area contributed by atoms with Crippen molar-refractivity contribution in [1.82, 2.24) is 4.98 Å². The first-order chi connectivity index (χ1) is 8.56. The highest BCUT2D eigenvalue weighted by atomic mass is 79.9. The molecule has 1 aromatic carbocycles. The lowest BCUT2D eigenvalue weighted by atomic mass is 10.2. The zero-order valence-electron chi connectivity index (χ0n) is 9.53. The molecule has 1 heterocycles. The monoisotopic (exact) mass is 313 g/mol. The lowest BCUT2D eigenvalue weighted by Gasteiger charge is -2.14. The van der Waals surface area contributed by atoms with Crippen molar-refractivity contribution >= 4 is 15.9 Å². The molecular weight excluding hydrogens is 304 g/mol. The zero-order valence-corrected chi connectivity index (χ0v) is 11.1. The van der Waals surface area contributed by atoms with Crippen LogP contribution in [0, 0.1) is 11.6 Å². The predicted octanol–water partition coefficient (Wildman–Crippen LogP) is 4.26. The Kier molecular flexibility index (Phi) is 3.91. The minimum atomic E-state index is -0.725. The predicted molar refractivity (Wildman–Crippen MR) is 67.3 cm³/mol. The van der Waals surface area contributed by atoms with Crippen molar-refractivity contribution in [3.63, 3.8) is 0 Å². The maximum atomic E-state index is 13.4. The Hall–Kier alpha value is -1.49. The molecule has 5 heteroatoms. The van der Waals surface area contributed by atoms with Crippen molar-refractivity contribution in [1.29, 1.82) is 0 Å². The number of hydrogen-bond donors (Lipinski definition) is 0. The molecular formula is C13H10BrF2NO. The van der Waals surface area contributed by atoms with Gasteiger partial charge in [-0.2, -0.15) is 0 Å². The van der Waals surface area contributed by atoms with Crippen molar-refractivity contribution in [2.24, 2.45) is 0 Å². The van der Waals surface area contributed by atoms with Gasteiger partial charge in [-0.1, -0.05) is 6.07 Å². The smallest absolute Gasteiger partial charge is 0.168 e. The lowest BCUT2D eigenvalue weighted by Crippen LogP contribution is -2.06. The molecule has 1 unspecified atom stereocenters. The molecule has 1 atom stereocenters. The molecule has 94 valence electrons. The van der Waals surface area contributed by atoms with Crippen LogP contribution < -0.4 is 4.74 Å². The first-order valence-corrected chi connectivity index (χ1v) is 6.10. The maximum Gasteiger partial charge on any atom is 0.168 e. The van der Waals surface area contributed by atoms with E-state index in [1.165, 1.54) is 6.07 Å². The van der Waals surface area contributed by atoms with Crippen molar-refractivity contribution in [3.05, 3.63) is 58.3 Å². The molecule has 0 spiro atoms. The van der Waals surface area contributed by atoms with Gasteiger partial charge in [0.05, 0.1) is 5.69 Å². The van der Waals surface area contributed by atoms with Gasteiger partial charge in [-0.05, 0) is 47.1 Å². The molecule has 18 heavy (non-hydrogen) atoms. The summed E-state index contributed by atoms with van der Waals surface area (Å²) in [5.74, 6) is -1.35. The number of rotatable bonds is 3. The second-order valence-corrected chi connectivity index (χ2v) is 4.53. The highest BCUT2D eigenvalue weighted by molar-refractivity contribution is 9.10. The van der Waals surface area contributed by atoms with Gasteiger partial charge in [0.1, 0.15) is 16.5 Å². The van der Waals surface area contributed by atoms with Gasteiger partial charge in [0.25, 0.3) is 0 Å². The van der Waals surface area contributed by atoms with Crippen molar-refractivity contribution in [3.8, 4) is 5.75 Å². The Morgan fingerprint density at radius 2 is 2.00 bits per heavy atom. The summed E-state index contributed by atoms with van der Waals surface area (Å²) in [6.45, 7) is 1.75. The molecule has 0 N–H and O–H groups in total. The van der Waals surface area contributed by atoms with Crippen LogP contribution in [-0.4, -0.2) is 4.98 Å². The topological polar surface area (TPSA) is 22.1 Å². The fourth-order valence-electron chi connectivity index (χ4n) is 1.47. The normalized spacial score (nSPS) is 12.2. The molecule has 2 nitrogen and oxygen atoms in total. The number of benzene rings is 1. The maximum absolute atomic E-state index is 13.4. The Bertz CT molecular complexity index is 562. The molecule has 1 aromatic heterocycles. The zero-order chi connectivity index (χ0) is 13.1. The van der Waals surface area contributed by atoms with E-state index in [1.807, 2.05) is 6.07 Å². The molecule has 0 aliphatic rings. The number of hydrogen-bond acceptors (Lipinski definition) is 2. The van der Waals surface area contributed by atoms with E-state index in [0.29, 0.717) is 10.3 Å². The third-order valence-electron chi connectivity index (χ3n) is 2.35. The largest absolute Gasteiger partial charge is 0.481 e. The third-order valence-corrected chi connectivity index (χ3v) is 2.79. The summed E-state index contributed by atoms with van der Waals surface area (Å²) in [5, 5.41) is 0. The van der Waals surface area contributed by atoms with Crippen LogP contribution in [0.5, 0.6) is 5.75 Å². The van der Waals surface area contributed by atoms with Crippen LogP contribution in [0.15, 0.2) is 41.0 Å². The summed E-state index contributed by atoms with van der Waals surface area (Å²) < 4.78 is 32.2. The van der Waals surface area contributed by atoms with E-state index in [9.17, 15) is 8.78 Å². The first kappa shape index (κ1) is 13.0. The number of pyridine rings is 1. The van der Waals surface area contributed by atoms with Gasteiger partial charge in [0, 0.05) is 6.07 Å². The lowest BCUT2D eigenvalue weighted by molar-refractivity contribution is 0.211. The molecule has 2 rings (SSSR count). The average Bonchev–Trinajstić information content (AvgIpc) is 2.32. The summed E-state index contributed by atoms with van der Waals surface area (Å²) in [6, 6.07) is 8.58.